The Hall–Kier alpha value is -1.09. The first-order chi connectivity index (χ1) is 4.70. The molecule has 0 saturated carbocycles. The Morgan fingerprint density at radius 3 is 2.20 bits per heavy atom. The van der Waals surface area contributed by atoms with Crippen molar-refractivity contribution in [3.05, 3.63) is 29.8 Å². The molecule has 49 valence electrons. The summed E-state index contributed by atoms with van der Waals surface area (Å²) in [6.45, 7) is 0. The number of aromatic carboxylic acids is 1. The highest BCUT2D eigenvalue weighted by Crippen LogP contribution is 1.94. The van der Waals surface area contributed by atoms with Gasteiger partial charge in [0.25, 0.3) is 0 Å². The lowest BCUT2D eigenvalue weighted by Gasteiger charge is -1.92. The Morgan fingerprint density at radius 2 is 1.80 bits per heavy atom. The van der Waals surface area contributed by atoms with E-state index in [2.05, 4.69) is 10.2 Å². The molecule has 0 amide bonds. The first kappa shape index (κ1) is 7.02. The van der Waals surface area contributed by atoms with Crippen molar-refractivity contribution >= 4 is 21.4 Å². The van der Waals surface area contributed by atoms with Crippen LogP contribution in [0, 0.1) is 0 Å². The van der Waals surface area contributed by atoms with Gasteiger partial charge in [-0.1, -0.05) is 17.3 Å². The van der Waals surface area contributed by atoms with Gasteiger partial charge < -0.3 is 5.11 Å². The van der Waals surface area contributed by atoms with Gasteiger partial charge in [0.05, 0.1) is 15.8 Å². The molecule has 10 heavy (non-hydrogen) atoms. The Kier molecular flexibility index (Phi) is 1.87. The highest BCUT2D eigenvalue weighted by molar-refractivity contribution is 6.32. The maximum absolute atomic E-state index is 10.3. The lowest BCUT2D eigenvalue weighted by Crippen LogP contribution is -2.03. The second-order valence-electron chi connectivity index (χ2n) is 1.88. The molecule has 0 aliphatic heterocycles. The number of benzene rings is 1. The molecule has 0 atom stereocenters. The SMILES string of the molecule is O=C(O)c1ccc([Si])cc1. The van der Waals surface area contributed by atoms with Crippen molar-refractivity contribution in [1.82, 2.24) is 0 Å². The molecular weight excluding hydrogens is 144 g/mol. The second-order valence-corrected chi connectivity index (χ2v) is 2.46. The molecule has 1 N–H and O–H groups in total. The smallest absolute Gasteiger partial charge is 0.335 e. The summed E-state index contributed by atoms with van der Waals surface area (Å²) in [5, 5.41) is 9.34. The van der Waals surface area contributed by atoms with Gasteiger partial charge in [0.15, 0.2) is 0 Å². The molecule has 1 rings (SSSR count). The van der Waals surface area contributed by atoms with Gasteiger partial charge in [-0.25, -0.2) is 4.79 Å². The van der Waals surface area contributed by atoms with Crippen molar-refractivity contribution in [3.63, 3.8) is 0 Å². The molecule has 1 aromatic carbocycles. The summed E-state index contributed by atoms with van der Waals surface area (Å²) in [4.78, 5) is 10.3. The summed E-state index contributed by atoms with van der Waals surface area (Å²) >= 11 is 0. The largest absolute Gasteiger partial charge is 0.478 e. The summed E-state index contributed by atoms with van der Waals surface area (Å²) in [5.41, 5.74) is 0.307. The number of carboxylic acid groups (broad SMARTS) is 1. The first-order valence-corrected chi connectivity index (χ1v) is 3.25. The van der Waals surface area contributed by atoms with Gasteiger partial charge in [-0.3, -0.25) is 0 Å². The molecule has 0 bridgehead atoms. The number of carboxylic acids is 1. The van der Waals surface area contributed by atoms with E-state index in [-0.39, 0.29) is 0 Å². The monoisotopic (exact) mass is 149 g/mol. The van der Waals surface area contributed by atoms with Crippen molar-refractivity contribution in [2.45, 2.75) is 0 Å². The van der Waals surface area contributed by atoms with Crippen molar-refractivity contribution < 1.29 is 9.90 Å². The molecule has 1 aromatic rings. The molecule has 0 unspecified atom stereocenters. The molecule has 3 heteroatoms. The highest BCUT2D eigenvalue weighted by Gasteiger charge is 1.98. The van der Waals surface area contributed by atoms with Crippen LogP contribution in [0.2, 0.25) is 0 Å². The number of carbonyl (C=O) groups is 1. The third kappa shape index (κ3) is 1.45. The molecular formula is C7H5O2Si. The van der Waals surface area contributed by atoms with Crippen LogP contribution in [0.25, 0.3) is 0 Å². The van der Waals surface area contributed by atoms with Crippen LogP contribution in [0.5, 0.6) is 0 Å². The lowest BCUT2D eigenvalue weighted by molar-refractivity contribution is 0.0697. The fraction of sp³-hybridized carbons (Fsp3) is 0. The Bertz CT molecular complexity index is 240. The fourth-order valence-corrected chi connectivity index (χ4v) is 0.779. The summed E-state index contributed by atoms with van der Waals surface area (Å²) in [5.74, 6) is -0.897. The molecule has 0 spiro atoms. The Balaban J connectivity index is 3.00. The molecule has 0 aliphatic carbocycles. The average molecular weight is 149 g/mol. The molecule has 2 nitrogen and oxygen atoms in total. The first-order valence-electron chi connectivity index (χ1n) is 2.75. The van der Waals surface area contributed by atoms with E-state index in [0.717, 1.165) is 5.19 Å². The maximum Gasteiger partial charge on any atom is 0.335 e. The van der Waals surface area contributed by atoms with Gasteiger partial charge in [-0.15, -0.1) is 0 Å². The summed E-state index contributed by atoms with van der Waals surface area (Å²) in [7, 11) is 3.25. The van der Waals surface area contributed by atoms with Gasteiger partial charge in [0.2, 0.25) is 0 Å². The molecule has 0 aromatic heterocycles. The van der Waals surface area contributed by atoms with E-state index < -0.39 is 5.97 Å². The summed E-state index contributed by atoms with van der Waals surface area (Å²) < 4.78 is 0. The minimum absolute atomic E-state index is 0.307. The van der Waals surface area contributed by atoms with Crippen LogP contribution in [0.1, 0.15) is 10.4 Å². The lowest BCUT2D eigenvalue weighted by atomic mass is 10.2. The predicted octanol–water partition coefficient (Wildman–Crippen LogP) is 0.179. The highest BCUT2D eigenvalue weighted by atomic mass is 28.1. The van der Waals surface area contributed by atoms with E-state index >= 15 is 0 Å². The van der Waals surface area contributed by atoms with Crippen molar-refractivity contribution in [2.24, 2.45) is 0 Å². The Morgan fingerprint density at radius 1 is 1.30 bits per heavy atom. The third-order valence-corrected chi connectivity index (χ3v) is 1.47. The van der Waals surface area contributed by atoms with E-state index in [1.807, 2.05) is 0 Å². The topological polar surface area (TPSA) is 37.3 Å². The van der Waals surface area contributed by atoms with Crippen molar-refractivity contribution in [2.75, 3.05) is 0 Å². The van der Waals surface area contributed by atoms with E-state index in [1.54, 1.807) is 24.3 Å². The second kappa shape index (κ2) is 2.66. The number of hydrogen-bond acceptors (Lipinski definition) is 1. The van der Waals surface area contributed by atoms with E-state index in [4.69, 9.17) is 5.11 Å². The molecule has 0 saturated heterocycles. The third-order valence-electron chi connectivity index (χ3n) is 1.13. The van der Waals surface area contributed by atoms with E-state index in [9.17, 15) is 4.79 Å². The fourth-order valence-electron chi connectivity index (χ4n) is 0.613. The zero-order valence-corrected chi connectivity index (χ0v) is 6.16. The van der Waals surface area contributed by atoms with Crippen LogP contribution >= 0.6 is 0 Å². The van der Waals surface area contributed by atoms with Gasteiger partial charge >= 0.3 is 5.97 Å². The van der Waals surface area contributed by atoms with Crippen LogP contribution < -0.4 is 5.19 Å². The van der Waals surface area contributed by atoms with Crippen LogP contribution in [0.4, 0.5) is 0 Å². The van der Waals surface area contributed by atoms with E-state index in [1.165, 1.54) is 0 Å². The standard InChI is InChI=1S/C7H5O2Si/c8-7(9)5-1-3-6(10)4-2-5/h1-4H,(H,8,9). The summed E-state index contributed by atoms with van der Waals surface area (Å²) in [6, 6.07) is 6.48. The molecule has 3 radical (unpaired) electrons. The van der Waals surface area contributed by atoms with Crippen LogP contribution in [-0.4, -0.2) is 21.3 Å². The zero-order valence-electron chi connectivity index (χ0n) is 5.16. The zero-order chi connectivity index (χ0) is 7.56. The van der Waals surface area contributed by atoms with Crippen LogP contribution in [-0.2, 0) is 0 Å². The molecule has 0 aliphatic rings. The molecule has 0 fully saturated rings. The predicted molar refractivity (Wildman–Crippen MR) is 38.8 cm³/mol. The summed E-state index contributed by atoms with van der Waals surface area (Å²) in [6.07, 6.45) is 0. The van der Waals surface area contributed by atoms with Crippen molar-refractivity contribution in [3.8, 4) is 0 Å². The minimum atomic E-state index is -0.897. The normalized spacial score (nSPS) is 9.30. The van der Waals surface area contributed by atoms with Crippen molar-refractivity contribution in [1.29, 1.82) is 0 Å². The van der Waals surface area contributed by atoms with Crippen LogP contribution in [0.3, 0.4) is 0 Å². The van der Waals surface area contributed by atoms with Gasteiger partial charge in [-0.2, -0.15) is 0 Å². The average Bonchev–Trinajstić information content (AvgIpc) is 1.88. The number of hydrogen-bond donors (Lipinski definition) is 1. The quantitative estimate of drug-likeness (QED) is 0.578. The minimum Gasteiger partial charge on any atom is -0.478 e. The van der Waals surface area contributed by atoms with Gasteiger partial charge in [-0.05, 0) is 12.1 Å². The van der Waals surface area contributed by atoms with Gasteiger partial charge in [0, 0.05) is 0 Å². The molecule has 0 heterocycles. The number of rotatable bonds is 1. The maximum atomic E-state index is 10.3. The van der Waals surface area contributed by atoms with E-state index in [0.29, 0.717) is 5.56 Å². The Labute approximate surface area is 61.9 Å². The van der Waals surface area contributed by atoms with Crippen LogP contribution in [0.15, 0.2) is 24.3 Å². The van der Waals surface area contributed by atoms with Gasteiger partial charge in [0.1, 0.15) is 0 Å².